The highest BCUT2D eigenvalue weighted by Crippen LogP contribution is 2.14. The van der Waals surface area contributed by atoms with E-state index in [4.69, 9.17) is 9.47 Å². The van der Waals surface area contributed by atoms with E-state index in [9.17, 15) is 4.79 Å². The van der Waals surface area contributed by atoms with Crippen LogP contribution in [-0.2, 0) is 4.74 Å². The lowest BCUT2D eigenvalue weighted by Gasteiger charge is -2.35. The smallest absolute Gasteiger partial charge is 0.162 e. The average Bonchev–Trinajstić information content (AvgIpc) is 2.50. The number of ketones is 1. The van der Waals surface area contributed by atoms with Gasteiger partial charge in [0.05, 0.1) is 18.8 Å². The van der Waals surface area contributed by atoms with Gasteiger partial charge in [0.1, 0.15) is 5.75 Å². The summed E-state index contributed by atoms with van der Waals surface area (Å²) >= 11 is 0. The van der Waals surface area contributed by atoms with Crippen molar-refractivity contribution >= 4 is 18.2 Å². The molecule has 1 fully saturated rings. The lowest BCUT2D eigenvalue weighted by atomic mass is 10.1. The molecule has 2 unspecified atom stereocenters. The molecule has 0 amide bonds. The normalized spacial score (nSPS) is 21.5. The first-order chi connectivity index (χ1) is 10.6. The fraction of sp³-hybridized carbons (Fsp3) is 0.611. The highest BCUT2D eigenvalue weighted by atomic mass is 35.5. The van der Waals surface area contributed by atoms with Crippen molar-refractivity contribution in [3.8, 4) is 5.75 Å². The standard InChI is InChI=1S/C18H27NO3.ClH/c1-4-18(20)16-6-8-17(9-7-16)21-11-5-10-19-12-14(2)22-15(3)13-19;/h6-9,14-15H,4-5,10-13H2,1-3H3;1H. The Balaban J connectivity index is 0.00000264. The summed E-state index contributed by atoms with van der Waals surface area (Å²) in [6, 6.07) is 7.43. The lowest BCUT2D eigenvalue weighted by Crippen LogP contribution is -2.45. The molecular formula is C18H28ClNO3. The predicted octanol–water partition coefficient (Wildman–Crippen LogP) is 3.58. The van der Waals surface area contributed by atoms with Crippen molar-refractivity contribution in [3.63, 3.8) is 0 Å². The molecule has 0 aliphatic carbocycles. The molecule has 4 nitrogen and oxygen atoms in total. The van der Waals surface area contributed by atoms with Crippen LogP contribution < -0.4 is 4.74 Å². The van der Waals surface area contributed by atoms with E-state index in [0.717, 1.165) is 37.4 Å². The highest BCUT2D eigenvalue weighted by molar-refractivity contribution is 5.95. The summed E-state index contributed by atoms with van der Waals surface area (Å²) in [6.07, 6.45) is 2.16. The van der Waals surface area contributed by atoms with Crippen LogP contribution in [0.2, 0.25) is 0 Å². The third-order valence-electron chi connectivity index (χ3n) is 3.88. The van der Waals surface area contributed by atoms with Crippen LogP contribution in [0.3, 0.4) is 0 Å². The Morgan fingerprint density at radius 1 is 1.22 bits per heavy atom. The zero-order valence-corrected chi connectivity index (χ0v) is 15.1. The number of morpholine rings is 1. The maximum atomic E-state index is 11.6. The number of ether oxygens (including phenoxy) is 2. The van der Waals surface area contributed by atoms with Crippen molar-refractivity contribution in [2.45, 2.75) is 45.8 Å². The minimum atomic E-state index is 0. The monoisotopic (exact) mass is 341 g/mol. The molecule has 0 aromatic heterocycles. The topological polar surface area (TPSA) is 38.8 Å². The van der Waals surface area contributed by atoms with Crippen LogP contribution in [0.1, 0.15) is 44.0 Å². The first-order valence-corrected chi connectivity index (χ1v) is 8.22. The molecule has 130 valence electrons. The molecule has 1 heterocycles. The first kappa shape index (κ1) is 19.9. The van der Waals surface area contributed by atoms with Crippen molar-refractivity contribution in [1.82, 2.24) is 4.90 Å². The number of carbonyl (C=O) groups is 1. The number of halogens is 1. The molecule has 0 radical (unpaired) electrons. The van der Waals surface area contributed by atoms with Gasteiger partial charge in [-0.05, 0) is 44.5 Å². The molecule has 23 heavy (non-hydrogen) atoms. The quantitative estimate of drug-likeness (QED) is 0.561. The van der Waals surface area contributed by atoms with E-state index in [-0.39, 0.29) is 18.2 Å². The number of Topliss-reactive ketones (excluding diaryl/α,β-unsaturated/α-hetero) is 1. The van der Waals surface area contributed by atoms with Gasteiger partial charge < -0.3 is 9.47 Å². The number of hydrogen-bond donors (Lipinski definition) is 0. The van der Waals surface area contributed by atoms with Gasteiger partial charge >= 0.3 is 0 Å². The molecule has 1 saturated heterocycles. The van der Waals surface area contributed by atoms with Crippen LogP contribution in [-0.4, -0.2) is 49.1 Å². The summed E-state index contributed by atoms with van der Waals surface area (Å²) in [7, 11) is 0. The van der Waals surface area contributed by atoms with Gasteiger partial charge in [-0.2, -0.15) is 0 Å². The molecule has 1 aliphatic heterocycles. The van der Waals surface area contributed by atoms with Gasteiger partial charge in [-0.15, -0.1) is 12.4 Å². The van der Waals surface area contributed by atoms with E-state index in [1.807, 2.05) is 31.2 Å². The number of hydrogen-bond acceptors (Lipinski definition) is 4. The van der Waals surface area contributed by atoms with Gasteiger partial charge in [0.25, 0.3) is 0 Å². The summed E-state index contributed by atoms with van der Waals surface area (Å²) in [4.78, 5) is 14.0. The van der Waals surface area contributed by atoms with Crippen molar-refractivity contribution in [2.75, 3.05) is 26.2 Å². The van der Waals surface area contributed by atoms with Crippen LogP contribution in [0.25, 0.3) is 0 Å². The molecular weight excluding hydrogens is 314 g/mol. The second-order valence-corrected chi connectivity index (χ2v) is 6.02. The molecule has 1 aliphatic rings. The van der Waals surface area contributed by atoms with Crippen LogP contribution in [0, 0.1) is 0 Å². The van der Waals surface area contributed by atoms with Crippen LogP contribution in [0.5, 0.6) is 5.75 Å². The Labute approximate surface area is 145 Å². The molecule has 0 N–H and O–H groups in total. The number of nitrogens with zero attached hydrogens (tertiary/aromatic N) is 1. The third kappa shape index (κ3) is 6.50. The Kier molecular flexibility index (Phi) is 8.59. The van der Waals surface area contributed by atoms with E-state index in [1.165, 1.54) is 0 Å². The largest absolute Gasteiger partial charge is 0.494 e. The second kappa shape index (κ2) is 9.91. The van der Waals surface area contributed by atoms with Crippen molar-refractivity contribution in [1.29, 1.82) is 0 Å². The van der Waals surface area contributed by atoms with Gasteiger partial charge in [-0.1, -0.05) is 6.92 Å². The molecule has 0 saturated carbocycles. The Morgan fingerprint density at radius 2 is 1.83 bits per heavy atom. The van der Waals surface area contributed by atoms with Crippen LogP contribution in [0.4, 0.5) is 0 Å². The van der Waals surface area contributed by atoms with E-state index in [0.29, 0.717) is 25.2 Å². The molecule has 0 spiro atoms. The fourth-order valence-electron chi connectivity index (χ4n) is 2.89. The van der Waals surface area contributed by atoms with Gasteiger partial charge in [-0.3, -0.25) is 9.69 Å². The zero-order chi connectivity index (χ0) is 15.9. The summed E-state index contributed by atoms with van der Waals surface area (Å²) < 4.78 is 11.5. The van der Waals surface area contributed by atoms with Gasteiger partial charge in [0.2, 0.25) is 0 Å². The molecule has 2 atom stereocenters. The summed E-state index contributed by atoms with van der Waals surface area (Å²) in [6.45, 7) is 9.85. The van der Waals surface area contributed by atoms with E-state index in [1.54, 1.807) is 0 Å². The zero-order valence-electron chi connectivity index (χ0n) is 14.3. The Bertz CT molecular complexity index is 468. The number of benzene rings is 1. The average molecular weight is 342 g/mol. The Morgan fingerprint density at radius 3 is 2.39 bits per heavy atom. The van der Waals surface area contributed by atoms with Gasteiger partial charge in [-0.25, -0.2) is 0 Å². The third-order valence-corrected chi connectivity index (χ3v) is 3.88. The van der Waals surface area contributed by atoms with Gasteiger partial charge in [0.15, 0.2) is 5.78 Å². The van der Waals surface area contributed by atoms with E-state index < -0.39 is 0 Å². The number of rotatable bonds is 7. The van der Waals surface area contributed by atoms with Crippen molar-refractivity contribution in [3.05, 3.63) is 29.8 Å². The van der Waals surface area contributed by atoms with Crippen LogP contribution in [0.15, 0.2) is 24.3 Å². The summed E-state index contributed by atoms with van der Waals surface area (Å²) in [5.74, 6) is 0.999. The number of carbonyl (C=O) groups excluding carboxylic acids is 1. The van der Waals surface area contributed by atoms with Crippen LogP contribution >= 0.6 is 12.4 Å². The van der Waals surface area contributed by atoms with E-state index in [2.05, 4.69) is 18.7 Å². The van der Waals surface area contributed by atoms with E-state index >= 15 is 0 Å². The maximum absolute atomic E-state index is 11.6. The Hall–Kier alpha value is -1.10. The molecule has 1 aromatic rings. The van der Waals surface area contributed by atoms with Crippen molar-refractivity contribution < 1.29 is 14.3 Å². The van der Waals surface area contributed by atoms with Gasteiger partial charge in [0, 0.05) is 31.6 Å². The minimum absolute atomic E-state index is 0. The molecule has 0 bridgehead atoms. The molecule has 2 rings (SSSR count). The second-order valence-electron chi connectivity index (χ2n) is 6.02. The summed E-state index contributed by atoms with van der Waals surface area (Å²) in [5, 5.41) is 0. The summed E-state index contributed by atoms with van der Waals surface area (Å²) in [5.41, 5.74) is 0.756. The lowest BCUT2D eigenvalue weighted by molar-refractivity contribution is -0.0686. The molecule has 5 heteroatoms. The first-order valence-electron chi connectivity index (χ1n) is 8.22. The fourth-order valence-corrected chi connectivity index (χ4v) is 2.89. The predicted molar refractivity (Wildman–Crippen MR) is 94.9 cm³/mol. The molecule has 1 aromatic carbocycles. The van der Waals surface area contributed by atoms with Crippen molar-refractivity contribution in [2.24, 2.45) is 0 Å². The maximum Gasteiger partial charge on any atom is 0.162 e. The highest BCUT2D eigenvalue weighted by Gasteiger charge is 2.21. The SMILES string of the molecule is CCC(=O)c1ccc(OCCCN2CC(C)OC(C)C2)cc1.Cl. The minimum Gasteiger partial charge on any atom is -0.494 e.